The Labute approximate surface area is 199 Å². The van der Waals surface area contributed by atoms with Gasteiger partial charge in [0.1, 0.15) is 6.04 Å². The van der Waals surface area contributed by atoms with Crippen LogP contribution < -0.4 is 14.3 Å². The van der Waals surface area contributed by atoms with Gasteiger partial charge in [0.15, 0.2) is 0 Å². The Hall–Kier alpha value is -3.41. The van der Waals surface area contributed by atoms with E-state index in [-0.39, 0.29) is 17.0 Å². The minimum atomic E-state index is -4.43. The highest BCUT2D eigenvalue weighted by atomic mass is 32.2. The number of para-hydroxylation sites is 1. The van der Waals surface area contributed by atoms with Gasteiger partial charge in [-0.25, -0.2) is 8.42 Å². The molecule has 0 aliphatic rings. The normalized spacial score (nSPS) is 12.6. The molecule has 9 nitrogen and oxygen atoms in total. The van der Waals surface area contributed by atoms with Crippen molar-refractivity contribution in [3.05, 3.63) is 90.0 Å². The molecule has 0 aliphatic heterocycles. The number of carbonyl (C=O) groups excluding carboxylic acids is 1. The monoisotopic (exact) mass is 503 g/mol. The third kappa shape index (κ3) is 6.13. The molecule has 3 N–H and O–H groups in total. The number of benzene rings is 3. The molecular weight excluding hydrogens is 478 g/mol. The van der Waals surface area contributed by atoms with Crippen LogP contribution in [0.2, 0.25) is 0 Å². The molecule has 0 heterocycles. The van der Waals surface area contributed by atoms with Gasteiger partial charge in [-0.1, -0.05) is 48.0 Å². The lowest BCUT2D eigenvalue weighted by molar-refractivity contribution is -0.121. The van der Waals surface area contributed by atoms with Crippen LogP contribution in [0.1, 0.15) is 11.1 Å². The first kappa shape index (κ1) is 25.2. The first-order chi connectivity index (χ1) is 16.0. The summed E-state index contributed by atoms with van der Waals surface area (Å²) in [6.45, 7) is 1.85. The summed E-state index contributed by atoms with van der Waals surface area (Å²) in [5.74, 6) is -0.514. The summed E-state index contributed by atoms with van der Waals surface area (Å²) in [4.78, 5) is 13.0. The van der Waals surface area contributed by atoms with Gasteiger partial charge in [-0.15, -0.1) is 0 Å². The van der Waals surface area contributed by atoms with Crippen molar-refractivity contribution < 1.29 is 26.2 Å². The molecule has 0 saturated heterocycles. The van der Waals surface area contributed by atoms with Gasteiger partial charge < -0.3 is 5.32 Å². The first-order valence-electron chi connectivity index (χ1n) is 10.2. The summed E-state index contributed by atoms with van der Waals surface area (Å²) in [5, 5.41) is 2.54. The zero-order valence-electron chi connectivity index (χ0n) is 18.5. The van der Waals surface area contributed by atoms with Gasteiger partial charge >= 0.3 is 10.3 Å². The Bertz CT molecular complexity index is 1340. The van der Waals surface area contributed by atoms with Gasteiger partial charge in [0.05, 0.1) is 16.3 Å². The minimum Gasteiger partial charge on any atom is -0.357 e. The van der Waals surface area contributed by atoms with Crippen LogP contribution in [0, 0.1) is 6.92 Å². The predicted molar refractivity (Wildman–Crippen MR) is 130 cm³/mol. The van der Waals surface area contributed by atoms with E-state index in [4.69, 9.17) is 4.55 Å². The summed E-state index contributed by atoms with van der Waals surface area (Å²) in [5.41, 5.74) is 1.91. The maximum absolute atomic E-state index is 13.7. The third-order valence-corrected chi connectivity index (χ3v) is 7.40. The second-order valence-corrected chi connectivity index (χ2v) is 10.5. The van der Waals surface area contributed by atoms with E-state index in [2.05, 4.69) is 5.32 Å². The summed E-state index contributed by atoms with van der Waals surface area (Å²) in [7, 11) is -7.14. The molecule has 34 heavy (non-hydrogen) atoms. The number of anilines is 2. The van der Waals surface area contributed by atoms with Crippen LogP contribution in [0.4, 0.5) is 11.4 Å². The molecule has 0 saturated carbocycles. The lowest BCUT2D eigenvalue weighted by Gasteiger charge is -2.32. The predicted octanol–water partition coefficient (Wildman–Crippen LogP) is 2.76. The molecule has 180 valence electrons. The van der Waals surface area contributed by atoms with Gasteiger partial charge in [0.25, 0.3) is 10.0 Å². The maximum atomic E-state index is 13.7. The molecule has 3 aromatic carbocycles. The van der Waals surface area contributed by atoms with Crippen molar-refractivity contribution in [2.24, 2.45) is 0 Å². The molecule has 3 rings (SSSR count). The second-order valence-electron chi connectivity index (χ2n) is 7.56. The Morgan fingerprint density at radius 1 is 0.912 bits per heavy atom. The molecule has 1 amide bonds. The highest BCUT2D eigenvalue weighted by Crippen LogP contribution is 2.28. The molecule has 0 aromatic heterocycles. The number of aryl methyl sites for hydroxylation is 1. The first-order valence-corrected chi connectivity index (χ1v) is 13.1. The Balaban J connectivity index is 2.06. The van der Waals surface area contributed by atoms with Gasteiger partial charge in [0.2, 0.25) is 5.91 Å². The van der Waals surface area contributed by atoms with Gasteiger partial charge in [-0.2, -0.15) is 8.42 Å². The van der Waals surface area contributed by atoms with Crippen molar-refractivity contribution in [3.8, 4) is 0 Å². The quantitative estimate of drug-likeness (QED) is 0.385. The topological polar surface area (TPSA) is 133 Å². The van der Waals surface area contributed by atoms with Crippen LogP contribution in [0.3, 0.4) is 0 Å². The van der Waals surface area contributed by atoms with Crippen molar-refractivity contribution in [2.75, 3.05) is 16.1 Å². The number of nitrogens with one attached hydrogen (secondary N) is 2. The summed E-state index contributed by atoms with van der Waals surface area (Å²) in [6.07, 6.45) is 0.00577. The van der Waals surface area contributed by atoms with E-state index in [0.29, 0.717) is 11.3 Å². The average Bonchev–Trinajstić information content (AvgIpc) is 2.79. The van der Waals surface area contributed by atoms with Crippen LogP contribution in [0.5, 0.6) is 0 Å². The number of likely N-dealkylation sites (N-methyl/N-ethyl adjacent to an activating group) is 1. The van der Waals surface area contributed by atoms with E-state index in [9.17, 15) is 21.6 Å². The largest absolute Gasteiger partial charge is 0.357 e. The van der Waals surface area contributed by atoms with Gasteiger partial charge in [0, 0.05) is 13.5 Å². The lowest BCUT2D eigenvalue weighted by Crippen LogP contribution is -2.50. The fourth-order valence-electron chi connectivity index (χ4n) is 3.41. The number of hydrogen-bond donors (Lipinski definition) is 3. The SMILES string of the molecule is CNC(=O)C(Cc1ccc(NS(=O)(=O)O)cc1)N(c1ccccc1)S(=O)(=O)c1ccc(C)cc1. The standard InChI is InChI=1S/C23H25N3O6S2/c1-17-8-14-21(15-9-17)33(28,29)26(20-6-4-3-5-7-20)22(23(27)24-2)16-18-10-12-19(13-11-18)25-34(30,31)32/h3-15,22,25H,16H2,1-2H3,(H,24,27)(H,30,31,32). The van der Waals surface area contributed by atoms with Gasteiger partial charge in [-0.3, -0.25) is 18.4 Å². The van der Waals surface area contributed by atoms with Crippen LogP contribution in [-0.4, -0.2) is 40.4 Å². The van der Waals surface area contributed by atoms with E-state index >= 15 is 0 Å². The molecule has 1 unspecified atom stereocenters. The summed E-state index contributed by atoms with van der Waals surface area (Å²) < 4.78 is 61.5. The molecule has 1 atom stereocenters. The van der Waals surface area contributed by atoms with Crippen molar-refractivity contribution in [2.45, 2.75) is 24.3 Å². The van der Waals surface area contributed by atoms with Crippen LogP contribution >= 0.6 is 0 Å². The van der Waals surface area contributed by atoms with Crippen LogP contribution in [0.15, 0.2) is 83.8 Å². The van der Waals surface area contributed by atoms with Gasteiger partial charge in [-0.05, 0) is 48.9 Å². The van der Waals surface area contributed by atoms with Crippen molar-refractivity contribution in [1.29, 1.82) is 0 Å². The Morgan fingerprint density at radius 2 is 1.50 bits per heavy atom. The lowest BCUT2D eigenvalue weighted by atomic mass is 10.0. The average molecular weight is 504 g/mol. The molecular formula is C23H25N3O6S2. The number of carbonyl (C=O) groups is 1. The zero-order chi connectivity index (χ0) is 24.9. The van der Waals surface area contributed by atoms with E-state index < -0.39 is 32.3 Å². The maximum Gasteiger partial charge on any atom is 0.357 e. The van der Waals surface area contributed by atoms with Crippen molar-refractivity contribution >= 4 is 37.6 Å². The number of rotatable bonds is 9. The number of nitrogens with zero attached hydrogens (tertiary/aromatic N) is 1. The minimum absolute atomic E-state index is 0.00577. The number of amides is 1. The molecule has 0 spiro atoms. The number of hydrogen-bond acceptors (Lipinski definition) is 5. The molecule has 11 heteroatoms. The number of sulfonamides is 1. The smallest absolute Gasteiger partial charge is 0.357 e. The highest BCUT2D eigenvalue weighted by Gasteiger charge is 2.36. The fourth-order valence-corrected chi connectivity index (χ4v) is 5.46. The molecule has 0 fully saturated rings. The second kappa shape index (κ2) is 10.2. The van der Waals surface area contributed by atoms with E-state index in [0.717, 1.165) is 9.87 Å². The highest BCUT2D eigenvalue weighted by molar-refractivity contribution is 7.93. The van der Waals surface area contributed by atoms with Crippen molar-refractivity contribution in [1.82, 2.24) is 5.32 Å². The fraction of sp³-hybridized carbons (Fsp3) is 0.174. The van der Waals surface area contributed by atoms with Crippen LogP contribution in [-0.2, 0) is 31.5 Å². The third-order valence-electron chi connectivity index (χ3n) is 5.05. The summed E-state index contributed by atoms with van der Waals surface area (Å²) >= 11 is 0. The molecule has 0 aliphatic carbocycles. The van der Waals surface area contributed by atoms with Crippen molar-refractivity contribution in [3.63, 3.8) is 0 Å². The summed E-state index contributed by atoms with van der Waals surface area (Å²) in [6, 6.07) is 19.5. The van der Waals surface area contributed by atoms with E-state index in [1.165, 1.54) is 31.3 Å². The Kier molecular flexibility index (Phi) is 7.60. The molecule has 0 radical (unpaired) electrons. The molecule has 3 aromatic rings. The van der Waals surface area contributed by atoms with Crippen LogP contribution in [0.25, 0.3) is 0 Å². The molecule has 0 bridgehead atoms. The van der Waals surface area contributed by atoms with E-state index in [1.807, 2.05) is 11.6 Å². The van der Waals surface area contributed by atoms with E-state index in [1.54, 1.807) is 54.6 Å². The Morgan fingerprint density at radius 3 is 2.03 bits per heavy atom. The zero-order valence-corrected chi connectivity index (χ0v) is 20.2.